The Bertz CT molecular complexity index is 345. The lowest BCUT2D eigenvalue weighted by atomic mass is 9.92. The summed E-state index contributed by atoms with van der Waals surface area (Å²) in [5.41, 5.74) is 0. The number of hydrogen-bond acceptors (Lipinski definition) is 3. The highest BCUT2D eigenvalue weighted by Crippen LogP contribution is 2.26. The number of urea groups is 1. The van der Waals surface area contributed by atoms with E-state index in [0.717, 1.165) is 6.54 Å². The minimum absolute atomic E-state index is 0.00563. The van der Waals surface area contributed by atoms with Gasteiger partial charge in [-0.3, -0.25) is 4.79 Å². The Kier molecular flexibility index (Phi) is 4.96. The molecule has 2 fully saturated rings. The Hall–Kier alpha value is -0.910. The fourth-order valence-corrected chi connectivity index (χ4v) is 4.01. The van der Waals surface area contributed by atoms with Crippen LogP contribution in [-0.2, 0) is 4.79 Å². The first-order valence-electron chi connectivity index (χ1n) is 6.97. The van der Waals surface area contributed by atoms with Gasteiger partial charge < -0.3 is 15.3 Å². The van der Waals surface area contributed by atoms with Crippen molar-refractivity contribution in [2.24, 2.45) is 5.92 Å². The molecule has 5 nitrogen and oxygen atoms in total. The number of amides is 2. The smallest absolute Gasteiger partial charge is 0.317 e. The second kappa shape index (κ2) is 6.50. The highest BCUT2D eigenvalue weighted by molar-refractivity contribution is 8.00. The van der Waals surface area contributed by atoms with Crippen LogP contribution in [0.3, 0.4) is 0 Å². The first-order valence-corrected chi connectivity index (χ1v) is 8.01. The van der Waals surface area contributed by atoms with E-state index in [1.54, 1.807) is 4.90 Å². The second-order valence-corrected chi connectivity index (χ2v) is 6.83. The fraction of sp³-hybridized carbons (Fsp3) is 0.846. The number of thioether (sulfide) groups is 1. The van der Waals surface area contributed by atoms with Gasteiger partial charge in [0.25, 0.3) is 0 Å². The Morgan fingerprint density at radius 3 is 2.79 bits per heavy atom. The molecular formula is C13H22N2O3S. The van der Waals surface area contributed by atoms with Crippen LogP contribution in [-0.4, -0.2) is 52.1 Å². The van der Waals surface area contributed by atoms with Crippen molar-refractivity contribution >= 4 is 23.8 Å². The molecular weight excluding hydrogens is 264 g/mol. The highest BCUT2D eigenvalue weighted by atomic mass is 32.2. The molecule has 0 aromatic rings. The molecule has 0 aromatic heterocycles. The second-order valence-electron chi connectivity index (χ2n) is 5.42. The van der Waals surface area contributed by atoms with Crippen LogP contribution in [0.15, 0.2) is 0 Å². The van der Waals surface area contributed by atoms with Gasteiger partial charge in [-0.2, -0.15) is 11.8 Å². The zero-order chi connectivity index (χ0) is 13.8. The van der Waals surface area contributed by atoms with E-state index in [1.807, 2.05) is 18.7 Å². The zero-order valence-electron chi connectivity index (χ0n) is 11.3. The first kappa shape index (κ1) is 14.5. The summed E-state index contributed by atoms with van der Waals surface area (Å²) in [4.78, 5) is 24.8. The third-order valence-corrected chi connectivity index (χ3v) is 5.39. The molecule has 0 bridgehead atoms. The van der Waals surface area contributed by atoms with Crippen LogP contribution in [0.4, 0.5) is 4.79 Å². The molecule has 0 aromatic carbocycles. The van der Waals surface area contributed by atoms with Crippen molar-refractivity contribution in [2.75, 3.05) is 18.8 Å². The number of piperidine rings is 1. The minimum atomic E-state index is -0.741. The third kappa shape index (κ3) is 3.78. The number of nitrogens with one attached hydrogen (secondary N) is 1. The van der Waals surface area contributed by atoms with Crippen LogP contribution < -0.4 is 5.32 Å². The fourth-order valence-electron chi connectivity index (χ4n) is 2.81. The van der Waals surface area contributed by atoms with E-state index in [-0.39, 0.29) is 18.0 Å². The van der Waals surface area contributed by atoms with Gasteiger partial charge in [0.15, 0.2) is 0 Å². The Balaban J connectivity index is 1.77. The molecule has 2 aliphatic heterocycles. The molecule has 2 rings (SSSR count). The molecule has 2 aliphatic rings. The van der Waals surface area contributed by atoms with Crippen LogP contribution in [0.5, 0.6) is 0 Å². The van der Waals surface area contributed by atoms with E-state index >= 15 is 0 Å². The predicted octanol–water partition coefficient (Wildman–Crippen LogP) is 1.78. The lowest BCUT2D eigenvalue weighted by molar-refractivity contribution is -0.143. The molecule has 3 unspecified atom stereocenters. The number of carbonyl (C=O) groups excluding carboxylic acids is 1. The van der Waals surface area contributed by atoms with Crippen molar-refractivity contribution in [1.29, 1.82) is 0 Å². The minimum Gasteiger partial charge on any atom is -0.481 e. The van der Waals surface area contributed by atoms with Crippen molar-refractivity contribution in [1.82, 2.24) is 10.2 Å². The van der Waals surface area contributed by atoms with Gasteiger partial charge in [-0.1, -0.05) is 0 Å². The molecule has 2 heterocycles. The topological polar surface area (TPSA) is 69.6 Å². The van der Waals surface area contributed by atoms with Gasteiger partial charge in [-0.05, 0) is 38.4 Å². The third-order valence-electron chi connectivity index (χ3n) is 3.99. The maximum Gasteiger partial charge on any atom is 0.317 e. The molecule has 2 amide bonds. The number of carboxylic acids is 1. The monoisotopic (exact) mass is 286 g/mol. The van der Waals surface area contributed by atoms with Gasteiger partial charge >= 0.3 is 12.0 Å². The Morgan fingerprint density at radius 1 is 1.42 bits per heavy atom. The summed E-state index contributed by atoms with van der Waals surface area (Å²) in [6.45, 7) is 3.20. The summed E-state index contributed by atoms with van der Waals surface area (Å²) in [6.07, 6.45) is 3.54. The van der Waals surface area contributed by atoms with Crippen molar-refractivity contribution in [3.8, 4) is 0 Å². The standard InChI is InChI=1S/C13H22N2O3S/c1-9-7-10(12(16)17)4-5-15(9)13(18)14-8-11-3-2-6-19-11/h9-11H,2-8H2,1H3,(H,14,18)(H,16,17). The average molecular weight is 286 g/mol. The largest absolute Gasteiger partial charge is 0.481 e. The predicted molar refractivity (Wildman–Crippen MR) is 75.4 cm³/mol. The lowest BCUT2D eigenvalue weighted by Gasteiger charge is -2.36. The molecule has 19 heavy (non-hydrogen) atoms. The number of likely N-dealkylation sites (tertiary alicyclic amines) is 1. The zero-order valence-corrected chi connectivity index (χ0v) is 12.1. The number of nitrogens with zero attached hydrogens (tertiary/aromatic N) is 1. The Labute approximate surface area is 118 Å². The van der Waals surface area contributed by atoms with Crippen molar-refractivity contribution < 1.29 is 14.7 Å². The molecule has 6 heteroatoms. The number of carbonyl (C=O) groups is 2. The quantitative estimate of drug-likeness (QED) is 0.829. The maximum atomic E-state index is 12.1. The van der Waals surface area contributed by atoms with E-state index in [2.05, 4.69) is 5.32 Å². The molecule has 0 saturated carbocycles. The number of rotatable bonds is 3. The van der Waals surface area contributed by atoms with Crippen LogP contribution >= 0.6 is 11.8 Å². The van der Waals surface area contributed by atoms with E-state index in [9.17, 15) is 9.59 Å². The van der Waals surface area contributed by atoms with Gasteiger partial charge in [-0.25, -0.2) is 4.79 Å². The SMILES string of the molecule is CC1CC(C(=O)O)CCN1C(=O)NCC1CCCS1. The number of hydrogen-bond donors (Lipinski definition) is 2. The van der Waals surface area contributed by atoms with Crippen LogP contribution in [0, 0.1) is 5.92 Å². The molecule has 0 radical (unpaired) electrons. The van der Waals surface area contributed by atoms with Gasteiger partial charge in [0.1, 0.15) is 0 Å². The highest BCUT2D eigenvalue weighted by Gasteiger charge is 2.32. The normalized spacial score (nSPS) is 31.2. The number of carboxylic acid groups (broad SMARTS) is 1. The molecule has 2 saturated heterocycles. The van der Waals surface area contributed by atoms with E-state index < -0.39 is 5.97 Å². The Morgan fingerprint density at radius 2 is 2.21 bits per heavy atom. The van der Waals surface area contributed by atoms with Crippen molar-refractivity contribution in [3.05, 3.63) is 0 Å². The summed E-state index contributed by atoms with van der Waals surface area (Å²) in [5, 5.41) is 12.5. The molecule has 2 N–H and O–H groups in total. The van der Waals surface area contributed by atoms with E-state index in [0.29, 0.717) is 24.6 Å². The number of aliphatic carboxylic acids is 1. The van der Waals surface area contributed by atoms with Crippen molar-refractivity contribution in [2.45, 2.75) is 43.9 Å². The van der Waals surface area contributed by atoms with E-state index in [1.165, 1.54) is 18.6 Å². The van der Waals surface area contributed by atoms with E-state index in [4.69, 9.17) is 5.11 Å². The van der Waals surface area contributed by atoms with Crippen LogP contribution in [0.2, 0.25) is 0 Å². The molecule has 108 valence electrons. The summed E-state index contributed by atoms with van der Waals surface area (Å²) >= 11 is 1.93. The summed E-state index contributed by atoms with van der Waals surface area (Å²) < 4.78 is 0. The first-order chi connectivity index (χ1) is 9.08. The average Bonchev–Trinajstić information content (AvgIpc) is 2.88. The molecule has 0 aliphatic carbocycles. The van der Waals surface area contributed by atoms with Crippen molar-refractivity contribution in [3.63, 3.8) is 0 Å². The lowest BCUT2D eigenvalue weighted by Crippen LogP contribution is -2.51. The van der Waals surface area contributed by atoms with Gasteiger partial charge in [-0.15, -0.1) is 0 Å². The van der Waals surface area contributed by atoms with Gasteiger partial charge in [0.05, 0.1) is 5.92 Å². The van der Waals surface area contributed by atoms with Crippen LogP contribution in [0.1, 0.15) is 32.6 Å². The molecule has 0 spiro atoms. The maximum absolute atomic E-state index is 12.1. The summed E-state index contributed by atoms with van der Waals surface area (Å²) in [6, 6.07) is -0.0325. The van der Waals surface area contributed by atoms with Crippen LogP contribution in [0.25, 0.3) is 0 Å². The summed E-state index contributed by atoms with van der Waals surface area (Å²) in [7, 11) is 0. The molecule has 3 atom stereocenters. The summed E-state index contributed by atoms with van der Waals surface area (Å²) in [5.74, 6) is 0.153. The van der Waals surface area contributed by atoms with Gasteiger partial charge in [0.2, 0.25) is 0 Å². The van der Waals surface area contributed by atoms with Gasteiger partial charge in [0, 0.05) is 24.4 Å².